The molecule has 0 aromatic heterocycles. The molecule has 0 amide bonds. The lowest BCUT2D eigenvalue weighted by Gasteiger charge is -1.88. The Balaban J connectivity index is 2.82. The predicted molar refractivity (Wildman–Crippen MR) is 49.1 cm³/mol. The topological polar surface area (TPSA) is 0 Å². The fourth-order valence-corrected chi connectivity index (χ4v) is 0.861. The van der Waals surface area contributed by atoms with Gasteiger partial charge in [0.05, 0.1) is 5.88 Å². The number of alkyl halides is 1. The molecule has 0 heterocycles. The largest absolute Gasteiger partial charge is 0.113 e. The van der Waals surface area contributed by atoms with Crippen molar-refractivity contribution in [1.29, 1.82) is 0 Å². The Morgan fingerprint density at radius 2 is 1.82 bits per heavy atom. The number of hydrogen-bond donors (Lipinski definition) is 0. The molecule has 0 nitrogen and oxygen atoms in total. The highest BCUT2D eigenvalue weighted by atomic mass is 35.5. The first kappa shape index (κ1) is 8.46. The molecule has 0 N–H and O–H groups in total. The normalized spacial score (nSPS) is 8.55. The Morgan fingerprint density at radius 3 is 2.36 bits per heavy atom. The van der Waals surface area contributed by atoms with Gasteiger partial charge in [0.2, 0.25) is 0 Å². The fourth-order valence-electron chi connectivity index (χ4n) is 0.669. The van der Waals surface area contributed by atoms with Gasteiger partial charge in [0.25, 0.3) is 0 Å². The van der Waals surface area contributed by atoms with Crippen LogP contribution in [0.25, 0.3) is 0 Å². The van der Waals surface area contributed by atoms with Crippen LogP contribution >= 0.6 is 23.2 Å². The molecular formula is C9H6Cl2. The predicted octanol–water partition coefficient (Wildman–Crippen LogP) is 2.93. The van der Waals surface area contributed by atoms with E-state index in [1.165, 1.54) is 0 Å². The minimum absolute atomic E-state index is 0.364. The van der Waals surface area contributed by atoms with E-state index in [-0.39, 0.29) is 0 Å². The maximum absolute atomic E-state index is 5.67. The van der Waals surface area contributed by atoms with Crippen molar-refractivity contribution in [3.63, 3.8) is 0 Å². The minimum atomic E-state index is 0.364. The molecule has 0 aliphatic carbocycles. The van der Waals surface area contributed by atoms with Crippen molar-refractivity contribution >= 4 is 23.2 Å². The molecule has 0 spiro atoms. The molecule has 0 radical (unpaired) electrons. The average molecular weight is 185 g/mol. The number of halogens is 2. The van der Waals surface area contributed by atoms with Gasteiger partial charge in [-0.15, -0.1) is 11.6 Å². The molecule has 0 aliphatic rings. The third-order valence-electron chi connectivity index (χ3n) is 1.14. The molecule has 0 atom stereocenters. The molecule has 56 valence electrons. The summed E-state index contributed by atoms with van der Waals surface area (Å²) in [6.07, 6.45) is 0. The van der Waals surface area contributed by atoms with Crippen LogP contribution in [0.1, 0.15) is 5.56 Å². The monoisotopic (exact) mass is 184 g/mol. The maximum atomic E-state index is 5.67. The fraction of sp³-hybridized carbons (Fsp3) is 0.111. The smallest absolute Gasteiger partial charge is 0.0839 e. The molecule has 2 heteroatoms. The summed E-state index contributed by atoms with van der Waals surface area (Å²) in [6.45, 7) is 0. The van der Waals surface area contributed by atoms with Crippen molar-refractivity contribution in [2.75, 3.05) is 5.88 Å². The summed E-state index contributed by atoms with van der Waals surface area (Å²) in [5, 5.41) is 0.724. The summed E-state index contributed by atoms with van der Waals surface area (Å²) < 4.78 is 0. The zero-order valence-electron chi connectivity index (χ0n) is 5.77. The molecule has 0 saturated heterocycles. The van der Waals surface area contributed by atoms with E-state index in [1.807, 2.05) is 12.1 Å². The molecule has 0 saturated carbocycles. The van der Waals surface area contributed by atoms with Crippen molar-refractivity contribution < 1.29 is 0 Å². The van der Waals surface area contributed by atoms with E-state index >= 15 is 0 Å². The molecule has 11 heavy (non-hydrogen) atoms. The number of hydrogen-bond acceptors (Lipinski definition) is 0. The van der Waals surface area contributed by atoms with Crippen LogP contribution in [0.4, 0.5) is 0 Å². The summed E-state index contributed by atoms with van der Waals surface area (Å²) in [5.41, 5.74) is 0.940. The molecule has 0 fully saturated rings. The molecule has 1 aromatic rings. The first-order valence-electron chi connectivity index (χ1n) is 3.13. The molecular weight excluding hydrogens is 179 g/mol. The van der Waals surface area contributed by atoms with Crippen molar-refractivity contribution in [1.82, 2.24) is 0 Å². The van der Waals surface area contributed by atoms with E-state index in [9.17, 15) is 0 Å². The van der Waals surface area contributed by atoms with E-state index in [4.69, 9.17) is 23.2 Å². The maximum Gasteiger partial charge on any atom is 0.0839 e. The molecule has 0 bridgehead atoms. The van der Waals surface area contributed by atoms with Gasteiger partial charge in [-0.05, 0) is 24.3 Å². The molecule has 1 aromatic carbocycles. The first-order valence-corrected chi connectivity index (χ1v) is 4.04. The van der Waals surface area contributed by atoms with Gasteiger partial charge in [0.1, 0.15) is 0 Å². The van der Waals surface area contributed by atoms with E-state index in [0.717, 1.165) is 10.6 Å². The SMILES string of the molecule is ClCC#Cc1ccc(Cl)cc1. The van der Waals surface area contributed by atoms with Crippen molar-refractivity contribution in [3.8, 4) is 11.8 Å². The summed E-state index contributed by atoms with van der Waals surface area (Å²) >= 11 is 11.1. The van der Waals surface area contributed by atoms with E-state index in [1.54, 1.807) is 12.1 Å². The van der Waals surface area contributed by atoms with Crippen LogP contribution in [0.15, 0.2) is 24.3 Å². The van der Waals surface area contributed by atoms with Crippen molar-refractivity contribution in [3.05, 3.63) is 34.9 Å². The lowest BCUT2D eigenvalue weighted by atomic mass is 10.2. The van der Waals surface area contributed by atoms with Gasteiger partial charge in [0.15, 0.2) is 0 Å². The van der Waals surface area contributed by atoms with Crippen molar-refractivity contribution in [2.45, 2.75) is 0 Å². The van der Waals surface area contributed by atoms with E-state index in [0.29, 0.717) is 5.88 Å². The van der Waals surface area contributed by atoms with Gasteiger partial charge in [-0.1, -0.05) is 23.4 Å². The average Bonchev–Trinajstić information content (AvgIpc) is 2.04. The zero-order valence-corrected chi connectivity index (χ0v) is 7.28. The molecule has 0 unspecified atom stereocenters. The summed E-state index contributed by atoms with van der Waals surface area (Å²) in [6, 6.07) is 7.34. The summed E-state index contributed by atoms with van der Waals surface area (Å²) in [5.74, 6) is 6.00. The van der Waals surface area contributed by atoms with Gasteiger partial charge in [-0.3, -0.25) is 0 Å². The van der Waals surface area contributed by atoms with Crippen LogP contribution in [-0.4, -0.2) is 5.88 Å². The van der Waals surface area contributed by atoms with Gasteiger partial charge in [0, 0.05) is 10.6 Å². The van der Waals surface area contributed by atoms with Gasteiger partial charge in [-0.2, -0.15) is 0 Å². The van der Waals surface area contributed by atoms with Gasteiger partial charge < -0.3 is 0 Å². The highest BCUT2D eigenvalue weighted by molar-refractivity contribution is 6.30. The highest BCUT2D eigenvalue weighted by Crippen LogP contribution is 2.08. The Kier molecular flexibility index (Phi) is 3.29. The standard InChI is InChI=1S/C9H6Cl2/c10-7-1-2-8-3-5-9(11)6-4-8/h3-6H,7H2. The summed E-state index contributed by atoms with van der Waals surface area (Å²) in [7, 11) is 0. The Hall–Kier alpha value is -0.640. The number of rotatable bonds is 0. The van der Waals surface area contributed by atoms with Crippen LogP contribution < -0.4 is 0 Å². The Bertz CT molecular complexity index is 277. The van der Waals surface area contributed by atoms with Crippen LogP contribution in [0.3, 0.4) is 0 Å². The Labute approximate surface area is 76.1 Å². The molecule has 1 rings (SSSR count). The highest BCUT2D eigenvalue weighted by Gasteiger charge is 1.85. The second-order valence-corrected chi connectivity index (χ2v) is 2.65. The van der Waals surface area contributed by atoms with Crippen LogP contribution in [0.2, 0.25) is 5.02 Å². The van der Waals surface area contributed by atoms with Crippen LogP contribution in [-0.2, 0) is 0 Å². The second-order valence-electron chi connectivity index (χ2n) is 1.94. The molecule has 0 aliphatic heterocycles. The zero-order chi connectivity index (χ0) is 8.10. The third-order valence-corrected chi connectivity index (χ3v) is 1.53. The lowest BCUT2D eigenvalue weighted by molar-refractivity contribution is 1.64. The van der Waals surface area contributed by atoms with Gasteiger partial charge in [-0.25, -0.2) is 0 Å². The lowest BCUT2D eigenvalue weighted by Crippen LogP contribution is -1.72. The number of benzene rings is 1. The van der Waals surface area contributed by atoms with E-state index in [2.05, 4.69) is 11.8 Å². The second kappa shape index (κ2) is 4.28. The minimum Gasteiger partial charge on any atom is -0.113 e. The Morgan fingerprint density at radius 1 is 1.18 bits per heavy atom. The summed E-state index contributed by atoms with van der Waals surface area (Å²) in [4.78, 5) is 0. The third kappa shape index (κ3) is 2.84. The van der Waals surface area contributed by atoms with Crippen molar-refractivity contribution in [2.24, 2.45) is 0 Å². The van der Waals surface area contributed by atoms with Gasteiger partial charge >= 0.3 is 0 Å². The van der Waals surface area contributed by atoms with Crippen LogP contribution in [0, 0.1) is 11.8 Å². The quantitative estimate of drug-likeness (QED) is 0.430. The van der Waals surface area contributed by atoms with Crippen LogP contribution in [0.5, 0.6) is 0 Å². The van der Waals surface area contributed by atoms with E-state index < -0.39 is 0 Å². The first-order chi connectivity index (χ1) is 5.33.